The second-order valence-electron chi connectivity index (χ2n) is 4.03. The minimum absolute atomic E-state index is 0.894. The van der Waals surface area contributed by atoms with Crippen LogP contribution in [0.15, 0.2) is 23.6 Å². The first-order valence-electron chi connectivity index (χ1n) is 5.77. The fraction of sp³-hybridized carbons (Fsp3) is 0.357. The normalized spacial score (nSPS) is 11.1. The molecule has 2 rings (SSSR count). The van der Waals surface area contributed by atoms with Gasteiger partial charge >= 0.3 is 0 Å². The summed E-state index contributed by atoms with van der Waals surface area (Å²) in [6, 6.07) is 6.14. The molecule has 0 saturated heterocycles. The van der Waals surface area contributed by atoms with Crippen LogP contribution in [0.4, 0.5) is 0 Å². The highest BCUT2D eigenvalue weighted by Crippen LogP contribution is 2.32. The summed E-state index contributed by atoms with van der Waals surface area (Å²) in [6.07, 6.45) is 5.95. The van der Waals surface area contributed by atoms with Crippen molar-refractivity contribution in [3.05, 3.63) is 40.4 Å². The molecule has 0 spiro atoms. The minimum atomic E-state index is 0.894. The van der Waals surface area contributed by atoms with Crippen LogP contribution in [0.3, 0.4) is 0 Å². The van der Waals surface area contributed by atoms with Crippen LogP contribution in [0.5, 0.6) is 0 Å². The molecule has 2 heteroatoms. The van der Waals surface area contributed by atoms with Gasteiger partial charge in [-0.3, -0.25) is 0 Å². The Balaban J connectivity index is 2.12. The van der Waals surface area contributed by atoms with E-state index >= 15 is 0 Å². The second kappa shape index (κ2) is 5.70. The summed E-state index contributed by atoms with van der Waals surface area (Å²) < 4.78 is 0. The van der Waals surface area contributed by atoms with Crippen molar-refractivity contribution in [2.45, 2.75) is 32.1 Å². The highest BCUT2D eigenvalue weighted by Gasteiger charge is 2.06. The number of thiophene rings is 1. The molecule has 0 nitrogen and oxygen atoms in total. The fourth-order valence-electron chi connectivity index (χ4n) is 1.95. The van der Waals surface area contributed by atoms with Gasteiger partial charge in [0, 0.05) is 15.3 Å². The summed E-state index contributed by atoms with van der Waals surface area (Å²) in [7, 11) is 0. The van der Waals surface area contributed by atoms with Crippen molar-refractivity contribution in [2.75, 3.05) is 0 Å². The zero-order valence-electron chi connectivity index (χ0n) is 9.34. The SMILES string of the molecule is [CH2]CCCCCc1scc2cccc(Cl)c12. The molecule has 0 saturated carbocycles. The smallest absolute Gasteiger partial charge is 0.0495 e. The number of hydrogen-bond donors (Lipinski definition) is 0. The highest BCUT2D eigenvalue weighted by molar-refractivity contribution is 7.11. The molecule has 0 fully saturated rings. The monoisotopic (exact) mass is 251 g/mol. The molecule has 0 aliphatic heterocycles. The minimum Gasteiger partial charge on any atom is -0.148 e. The lowest BCUT2D eigenvalue weighted by atomic mass is 10.1. The Hall–Kier alpha value is -0.530. The molecule has 1 heterocycles. The lowest BCUT2D eigenvalue weighted by molar-refractivity contribution is 0.691. The maximum atomic E-state index is 6.24. The summed E-state index contributed by atoms with van der Waals surface area (Å²) in [5.74, 6) is 0. The van der Waals surface area contributed by atoms with Crippen molar-refractivity contribution in [1.82, 2.24) is 0 Å². The van der Waals surface area contributed by atoms with Gasteiger partial charge in [-0.2, -0.15) is 0 Å². The molecule has 1 aromatic carbocycles. The van der Waals surface area contributed by atoms with E-state index in [1.165, 1.54) is 34.9 Å². The predicted molar refractivity (Wildman–Crippen MR) is 74.4 cm³/mol. The van der Waals surface area contributed by atoms with E-state index in [2.05, 4.69) is 18.4 Å². The van der Waals surface area contributed by atoms with E-state index in [0.29, 0.717) is 0 Å². The van der Waals surface area contributed by atoms with E-state index in [1.807, 2.05) is 23.5 Å². The van der Waals surface area contributed by atoms with E-state index in [4.69, 9.17) is 11.6 Å². The van der Waals surface area contributed by atoms with E-state index in [1.54, 1.807) is 0 Å². The lowest BCUT2D eigenvalue weighted by Crippen LogP contribution is -1.83. The van der Waals surface area contributed by atoms with Gasteiger partial charge in [0.15, 0.2) is 0 Å². The van der Waals surface area contributed by atoms with Crippen LogP contribution in [0.25, 0.3) is 10.8 Å². The Morgan fingerprint density at radius 1 is 1.19 bits per heavy atom. The van der Waals surface area contributed by atoms with Crippen molar-refractivity contribution in [3.8, 4) is 0 Å². The third-order valence-corrected chi connectivity index (χ3v) is 4.19. The number of rotatable bonds is 5. The summed E-state index contributed by atoms with van der Waals surface area (Å²) in [4.78, 5) is 1.43. The standard InChI is InChI=1S/C14H16ClS/c1-2-3-4-5-9-13-14-11(10-16-13)7-6-8-12(14)15/h6-8,10H,1-5,9H2. The maximum absolute atomic E-state index is 6.24. The van der Waals surface area contributed by atoms with E-state index in [-0.39, 0.29) is 0 Å². The first-order valence-corrected chi connectivity index (χ1v) is 7.02. The summed E-state index contributed by atoms with van der Waals surface area (Å²) >= 11 is 8.08. The Morgan fingerprint density at radius 3 is 2.88 bits per heavy atom. The molecule has 1 aromatic heterocycles. The number of unbranched alkanes of at least 4 members (excludes halogenated alkanes) is 3. The topological polar surface area (TPSA) is 0 Å². The average Bonchev–Trinajstić information content (AvgIpc) is 2.69. The molecule has 0 atom stereocenters. The molecule has 0 N–H and O–H groups in total. The molecule has 0 aliphatic carbocycles. The van der Waals surface area contributed by atoms with Gasteiger partial charge in [0.25, 0.3) is 0 Å². The second-order valence-corrected chi connectivity index (χ2v) is 5.40. The number of benzene rings is 1. The Kier molecular flexibility index (Phi) is 4.25. The van der Waals surface area contributed by atoms with E-state index in [9.17, 15) is 0 Å². The van der Waals surface area contributed by atoms with Crippen molar-refractivity contribution >= 4 is 33.7 Å². The largest absolute Gasteiger partial charge is 0.148 e. The van der Waals surface area contributed by atoms with Crippen molar-refractivity contribution < 1.29 is 0 Å². The Labute approximate surface area is 106 Å². The van der Waals surface area contributed by atoms with Crippen LogP contribution in [-0.2, 0) is 6.42 Å². The van der Waals surface area contributed by atoms with Crippen molar-refractivity contribution in [3.63, 3.8) is 0 Å². The molecule has 85 valence electrons. The van der Waals surface area contributed by atoms with E-state index < -0.39 is 0 Å². The summed E-state index contributed by atoms with van der Waals surface area (Å²) in [6.45, 7) is 3.87. The zero-order valence-corrected chi connectivity index (χ0v) is 10.9. The zero-order chi connectivity index (χ0) is 11.4. The van der Waals surface area contributed by atoms with E-state index in [0.717, 1.165) is 17.9 Å². The van der Waals surface area contributed by atoms with Gasteiger partial charge < -0.3 is 0 Å². The summed E-state index contributed by atoms with van der Waals surface area (Å²) in [5.41, 5.74) is 0. The first-order chi connectivity index (χ1) is 7.83. The Morgan fingerprint density at radius 2 is 2.06 bits per heavy atom. The molecule has 0 unspecified atom stereocenters. The van der Waals surface area contributed by atoms with Gasteiger partial charge in [-0.05, 0) is 29.7 Å². The predicted octanol–water partition coefficient (Wildman–Crippen LogP) is 5.49. The fourth-order valence-corrected chi connectivity index (χ4v) is 3.38. The van der Waals surface area contributed by atoms with Gasteiger partial charge in [0.2, 0.25) is 0 Å². The van der Waals surface area contributed by atoms with Gasteiger partial charge in [0.1, 0.15) is 0 Å². The number of halogens is 1. The first kappa shape index (κ1) is 11.9. The van der Waals surface area contributed by atoms with Gasteiger partial charge in [-0.1, -0.05) is 49.9 Å². The van der Waals surface area contributed by atoms with Crippen molar-refractivity contribution in [2.24, 2.45) is 0 Å². The number of fused-ring (bicyclic) bond motifs is 1. The lowest BCUT2D eigenvalue weighted by Gasteiger charge is -2.00. The van der Waals surface area contributed by atoms with Crippen LogP contribution < -0.4 is 0 Å². The van der Waals surface area contributed by atoms with Crippen LogP contribution in [0.2, 0.25) is 5.02 Å². The molecule has 0 bridgehead atoms. The maximum Gasteiger partial charge on any atom is 0.0495 e. The number of aryl methyl sites for hydroxylation is 1. The molecule has 2 aromatic rings. The quantitative estimate of drug-likeness (QED) is 0.617. The van der Waals surface area contributed by atoms with Crippen LogP contribution >= 0.6 is 22.9 Å². The summed E-state index contributed by atoms with van der Waals surface area (Å²) in [5, 5.41) is 5.65. The van der Waals surface area contributed by atoms with Gasteiger partial charge in [0.05, 0.1) is 0 Å². The molecule has 0 aliphatic rings. The Bertz CT molecular complexity index is 459. The third-order valence-electron chi connectivity index (χ3n) is 2.81. The molecular formula is C14H16ClS. The number of hydrogen-bond acceptors (Lipinski definition) is 1. The average molecular weight is 252 g/mol. The van der Waals surface area contributed by atoms with Crippen LogP contribution in [-0.4, -0.2) is 0 Å². The molecular weight excluding hydrogens is 236 g/mol. The molecule has 0 amide bonds. The van der Waals surface area contributed by atoms with Gasteiger partial charge in [-0.25, -0.2) is 0 Å². The van der Waals surface area contributed by atoms with Gasteiger partial charge in [-0.15, -0.1) is 11.3 Å². The van der Waals surface area contributed by atoms with Crippen LogP contribution in [0, 0.1) is 6.92 Å². The molecule has 1 radical (unpaired) electrons. The third kappa shape index (κ3) is 2.58. The van der Waals surface area contributed by atoms with Crippen molar-refractivity contribution in [1.29, 1.82) is 0 Å². The molecule has 16 heavy (non-hydrogen) atoms. The van der Waals surface area contributed by atoms with Crippen LogP contribution in [0.1, 0.15) is 30.6 Å². The highest BCUT2D eigenvalue weighted by atomic mass is 35.5.